The van der Waals surface area contributed by atoms with Crippen molar-refractivity contribution >= 4 is 28.8 Å². The Morgan fingerprint density at radius 2 is 1.62 bits per heavy atom. The minimum atomic E-state index is -0.210. The van der Waals surface area contributed by atoms with Crippen molar-refractivity contribution in [1.82, 2.24) is 4.98 Å². The van der Waals surface area contributed by atoms with Crippen LogP contribution in [-0.4, -0.2) is 24.0 Å². The number of nitriles is 1. The summed E-state index contributed by atoms with van der Waals surface area (Å²) in [6.45, 7) is 6.12. The summed E-state index contributed by atoms with van der Waals surface area (Å²) in [7, 11) is 0. The van der Waals surface area contributed by atoms with Gasteiger partial charge < -0.3 is 15.5 Å². The lowest BCUT2D eigenvalue weighted by molar-refractivity contribution is 0.102. The van der Waals surface area contributed by atoms with Gasteiger partial charge in [0.25, 0.3) is 5.91 Å². The summed E-state index contributed by atoms with van der Waals surface area (Å²) in [6.07, 6.45) is 1.53. The van der Waals surface area contributed by atoms with Gasteiger partial charge in [-0.25, -0.2) is 4.98 Å². The van der Waals surface area contributed by atoms with Crippen LogP contribution in [0.3, 0.4) is 0 Å². The second kappa shape index (κ2) is 9.38. The quantitative estimate of drug-likeness (QED) is 0.611. The third-order valence-electron chi connectivity index (χ3n) is 4.57. The Bertz CT molecular complexity index is 985. The van der Waals surface area contributed by atoms with E-state index in [9.17, 15) is 4.79 Å². The summed E-state index contributed by atoms with van der Waals surface area (Å²) in [5.74, 6) is 0.410. The van der Waals surface area contributed by atoms with Crippen LogP contribution in [0.1, 0.15) is 29.8 Å². The summed E-state index contributed by atoms with van der Waals surface area (Å²) in [6, 6.07) is 20.4. The van der Waals surface area contributed by atoms with Gasteiger partial charge in [0.2, 0.25) is 0 Å². The molecule has 0 aliphatic carbocycles. The van der Waals surface area contributed by atoms with Crippen LogP contribution in [0.25, 0.3) is 0 Å². The van der Waals surface area contributed by atoms with Gasteiger partial charge in [0, 0.05) is 36.3 Å². The first-order valence-corrected chi connectivity index (χ1v) is 9.52. The zero-order valence-corrected chi connectivity index (χ0v) is 16.5. The van der Waals surface area contributed by atoms with E-state index in [1.807, 2.05) is 36.4 Å². The fraction of sp³-hybridized carbons (Fsp3) is 0.174. The Hall–Kier alpha value is -3.85. The molecule has 3 aromatic rings. The van der Waals surface area contributed by atoms with Gasteiger partial charge in [-0.05, 0) is 74.5 Å². The number of rotatable bonds is 7. The van der Waals surface area contributed by atoms with Crippen LogP contribution in [-0.2, 0) is 0 Å². The van der Waals surface area contributed by atoms with Crippen molar-refractivity contribution in [3.05, 3.63) is 78.0 Å². The van der Waals surface area contributed by atoms with Crippen molar-refractivity contribution in [2.24, 2.45) is 0 Å². The lowest BCUT2D eigenvalue weighted by Gasteiger charge is -2.21. The van der Waals surface area contributed by atoms with Gasteiger partial charge in [0.15, 0.2) is 0 Å². The second-order valence-corrected chi connectivity index (χ2v) is 6.42. The van der Waals surface area contributed by atoms with Crippen molar-refractivity contribution in [2.75, 3.05) is 28.6 Å². The van der Waals surface area contributed by atoms with Crippen LogP contribution < -0.4 is 15.5 Å². The van der Waals surface area contributed by atoms with E-state index in [-0.39, 0.29) is 5.91 Å². The first-order valence-electron chi connectivity index (χ1n) is 9.52. The molecule has 0 unspecified atom stereocenters. The molecule has 0 spiro atoms. The van der Waals surface area contributed by atoms with E-state index in [2.05, 4.69) is 40.4 Å². The number of anilines is 4. The maximum atomic E-state index is 12.5. The molecule has 3 rings (SSSR count). The molecule has 6 nitrogen and oxygen atoms in total. The van der Waals surface area contributed by atoms with Crippen molar-refractivity contribution in [3.63, 3.8) is 0 Å². The summed E-state index contributed by atoms with van der Waals surface area (Å²) in [5.41, 5.74) is 3.77. The molecule has 0 radical (unpaired) electrons. The molecule has 6 heteroatoms. The minimum Gasteiger partial charge on any atom is -0.372 e. The number of carbonyl (C=O) groups excluding carboxylic acids is 1. The van der Waals surface area contributed by atoms with E-state index in [0.29, 0.717) is 16.9 Å². The summed E-state index contributed by atoms with van der Waals surface area (Å²) in [4.78, 5) is 19.0. The maximum Gasteiger partial charge on any atom is 0.257 e. The van der Waals surface area contributed by atoms with Crippen molar-refractivity contribution < 1.29 is 4.79 Å². The zero-order chi connectivity index (χ0) is 20.6. The number of nitrogens with zero attached hydrogens (tertiary/aromatic N) is 3. The third-order valence-corrected chi connectivity index (χ3v) is 4.57. The topological polar surface area (TPSA) is 81.0 Å². The first kappa shape index (κ1) is 19.9. The highest BCUT2D eigenvalue weighted by Gasteiger charge is 2.08. The summed E-state index contributed by atoms with van der Waals surface area (Å²) < 4.78 is 0. The highest BCUT2D eigenvalue weighted by molar-refractivity contribution is 6.04. The van der Waals surface area contributed by atoms with E-state index in [4.69, 9.17) is 5.26 Å². The van der Waals surface area contributed by atoms with Gasteiger partial charge in [-0.3, -0.25) is 4.79 Å². The lowest BCUT2D eigenvalue weighted by atomic mass is 10.2. The molecule has 0 aliphatic heterocycles. The number of hydrogen-bond acceptors (Lipinski definition) is 5. The number of aromatic nitrogens is 1. The lowest BCUT2D eigenvalue weighted by Crippen LogP contribution is -2.21. The molecule has 1 heterocycles. The molecule has 2 aromatic carbocycles. The second-order valence-electron chi connectivity index (χ2n) is 6.42. The zero-order valence-electron chi connectivity index (χ0n) is 16.5. The molecule has 0 bridgehead atoms. The Labute approximate surface area is 170 Å². The van der Waals surface area contributed by atoms with Crippen molar-refractivity contribution in [1.29, 1.82) is 5.26 Å². The van der Waals surface area contributed by atoms with E-state index >= 15 is 0 Å². The van der Waals surface area contributed by atoms with E-state index in [1.165, 1.54) is 6.20 Å². The summed E-state index contributed by atoms with van der Waals surface area (Å²) >= 11 is 0. The van der Waals surface area contributed by atoms with E-state index in [0.717, 1.165) is 30.2 Å². The van der Waals surface area contributed by atoms with Crippen LogP contribution in [0.5, 0.6) is 0 Å². The molecular weight excluding hydrogens is 362 g/mol. The Morgan fingerprint density at radius 3 is 2.17 bits per heavy atom. The molecule has 0 fully saturated rings. The Kier molecular flexibility index (Phi) is 6.43. The van der Waals surface area contributed by atoms with E-state index < -0.39 is 0 Å². The average Bonchev–Trinajstić information content (AvgIpc) is 2.77. The molecule has 1 amide bonds. The number of amides is 1. The predicted molar refractivity (Wildman–Crippen MR) is 117 cm³/mol. The van der Waals surface area contributed by atoms with Gasteiger partial charge in [-0.2, -0.15) is 5.26 Å². The van der Waals surface area contributed by atoms with Crippen LogP contribution in [0.4, 0.5) is 22.9 Å². The number of benzene rings is 2. The smallest absolute Gasteiger partial charge is 0.257 e. The molecule has 0 aliphatic rings. The molecule has 0 saturated heterocycles. The molecule has 0 atom stereocenters. The third kappa shape index (κ3) is 5.11. The standard InChI is InChI=1S/C23H23N5O/c1-3-28(4-2)21-12-10-20(11-13-21)27-23(29)18-7-14-22(25-16-18)26-19-8-5-17(15-24)6-9-19/h5-14,16H,3-4H2,1-2H3,(H,25,26)(H,27,29). The molecule has 1 aromatic heterocycles. The van der Waals surface area contributed by atoms with Crippen molar-refractivity contribution in [3.8, 4) is 6.07 Å². The summed E-state index contributed by atoms with van der Waals surface area (Å²) in [5, 5.41) is 14.9. The van der Waals surface area contributed by atoms with Crippen LogP contribution >= 0.6 is 0 Å². The fourth-order valence-corrected chi connectivity index (χ4v) is 2.93. The number of nitrogens with one attached hydrogen (secondary N) is 2. The SMILES string of the molecule is CCN(CC)c1ccc(NC(=O)c2ccc(Nc3ccc(C#N)cc3)nc2)cc1. The van der Waals surface area contributed by atoms with Gasteiger partial charge in [0.05, 0.1) is 17.2 Å². The average molecular weight is 385 g/mol. The van der Waals surface area contributed by atoms with Crippen LogP contribution in [0.2, 0.25) is 0 Å². The molecule has 29 heavy (non-hydrogen) atoms. The maximum absolute atomic E-state index is 12.5. The van der Waals surface area contributed by atoms with Gasteiger partial charge >= 0.3 is 0 Å². The predicted octanol–water partition coefficient (Wildman–Crippen LogP) is 4.80. The van der Waals surface area contributed by atoms with Crippen LogP contribution in [0, 0.1) is 11.3 Å². The number of pyridine rings is 1. The molecule has 146 valence electrons. The monoisotopic (exact) mass is 385 g/mol. The molecular formula is C23H23N5O. The van der Waals surface area contributed by atoms with E-state index in [1.54, 1.807) is 24.3 Å². The number of hydrogen-bond donors (Lipinski definition) is 2. The van der Waals surface area contributed by atoms with Gasteiger partial charge in [-0.1, -0.05) is 0 Å². The van der Waals surface area contributed by atoms with Gasteiger partial charge in [0.1, 0.15) is 5.82 Å². The number of carbonyl (C=O) groups is 1. The Balaban J connectivity index is 1.62. The molecule has 0 saturated carbocycles. The first-order chi connectivity index (χ1) is 14.1. The van der Waals surface area contributed by atoms with Crippen molar-refractivity contribution in [2.45, 2.75) is 13.8 Å². The van der Waals surface area contributed by atoms with Gasteiger partial charge in [-0.15, -0.1) is 0 Å². The highest BCUT2D eigenvalue weighted by atomic mass is 16.1. The minimum absolute atomic E-state index is 0.210. The molecule has 2 N–H and O–H groups in total. The fourth-order valence-electron chi connectivity index (χ4n) is 2.93. The Morgan fingerprint density at radius 1 is 0.966 bits per heavy atom. The van der Waals surface area contributed by atoms with Crippen LogP contribution in [0.15, 0.2) is 66.9 Å². The highest BCUT2D eigenvalue weighted by Crippen LogP contribution is 2.19. The largest absolute Gasteiger partial charge is 0.372 e. The normalized spacial score (nSPS) is 10.1.